The molecule has 1 unspecified atom stereocenters. The van der Waals surface area contributed by atoms with Gasteiger partial charge in [-0.15, -0.1) is 0 Å². The summed E-state index contributed by atoms with van der Waals surface area (Å²) >= 11 is 0. The van der Waals surface area contributed by atoms with Gasteiger partial charge in [-0.3, -0.25) is 9.88 Å². The number of amides is 2. The summed E-state index contributed by atoms with van der Waals surface area (Å²) in [5.41, 5.74) is 7.53. The summed E-state index contributed by atoms with van der Waals surface area (Å²) in [6.07, 6.45) is 5.85. The molecule has 2 heterocycles. The zero-order valence-corrected chi connectivity index (χ0v) is 18.6. The first-order valence-corrected chi connectivity index (χ1v) is 11.5. The van der Waals surface area contributed by atoms with Crippen molar-refractivity contribution >= 4 is 11.8 Å². The SMILES string of the molecule is CC(Cc1ccc(-n2ccc(NC(=O)N3CCNCC3)nc2=O)cc1)N[C@@H]1CC[C@@H](N)C1. The highest BCUT2D eigenvalue weighted by molar-refractivity contribution is 5.88. The van der Waals surface area contributed by atoms with Crippen molar-refractivity contribution in [1.29, 1.82) is 0 Å². The van der Waals surface area contributed by atoms with Crippen LogP contribution in [0.4, 0.5) is 10.6 Å². The van der Waals surface area contributed by atoms with Crippen molar-refractivity contribution in [3.63, 3.8) is 0 Å². The number of nitrogens with zero attached hydrogens (tertiary/aromatic N) is 3. The van der Waals surface area contributed by atoms with Gasteiger partial charge in [0.15, 0.2) is 0 Å². The molecule has 3 atom stereocenters. The Morgan fingerprint density at radius 2 is 1.97 bits per heavy atom. The summed E-state index contributed by atoms with van der Waals surface area (Å²) in [5.74, 6) is 0.262. The molecule has 9 nitrogen and oxygen atoms in total. The molecule has 0 radical (unpaired) electrons. The molecule has 4 rings (SSSR count). The molecular weight excluding hydrogens is 406 g/mol. The summed E-state index contributed by atoms with van der Waals surface area (Å²) in [6.45, 7) is 5.00. The first kappa shape index (κ1) is 22.4. The molecule has 1 aliphatic heterocycles. The number of anilines is 1. The van der Waals surface area contributed by atoms with Crippen LogP contribution in [0.2, 0.25) is 0 Å². The van der Waals surface area contributed by atoms with Gasteiger partial charge in [-0.1, -0.05) is 12.1 Å². The zero-order valence-electron chi connectivity index (χ0n) is 18.6. The lowest BCUT2D eigenvalue weighted by molar-refractivity contribution is 0.204. The van der Waals surface area contributed by atoms with Gasteiger partial charge in [0.1, 0.15) is 5.82 Å². The minimum atomic E-state index is -0.427. The van der Waals surface area contributed by atoms with Crippen LogP contribution in [0.15, 0.2) is 41.3 Å². The van der Waals surface area contributed by atoms with E-state index in [-0.39, 0.29) is 11.8 Å². The predicted octanol–water partition coefficient (Wildman–Crippen LogP) is 1.07. The lowest BCUT2D eigenvalue weighted by atomic mass is 10.1. The molecule has 0 bridgehead atoms. The minimum Gasteiger partial charge on any atom is -0.328 e. The van der Waals surface area contributed by atoms with E-state index in [1.807, 2.05) is 24.3 Å². The number of nitrogens with one attached hydrogen (secondary N) is 3. The molecule has 1 aromatic carbocycles. The minimum absolute atomic E-state index is 0.234. The number of hydrogen-bond acceptors (Lipinski definition) is 6. The Balaban J connectivity index is 1.35. The Hall–Kier alpha value is -2.75. The van der Waals surface area contributed by atoms with Crippen molar-refractivity contribution in [3.05, 3.63) is 52.6 Å². The lowest BCUT2D eigenvalue weighted by Gasteiger charge is -2.27. The van der Waals surface area contributed by atoms with E-state index >= 15 is 0 Å². The number of hydrogen-bond donors (Lipinski definition) is 4. The second-order valence-electron chi connectivity index (χ2n) is 8.84. The van der Waals surface area contributed by atoms with Crippen LogP contribution in [-0.2, 0) is 6.42 Å². The van der Waals surface area contributed by atoms with Crippen LogP contribution in [0.3, 0.4) is 0 Å². The number of urea groups is 1. The molecule has 32 heavy (non-hydrogen) atoms. The summed E-state index contributed by atoms with van der Waals surface area (Å²) in [6, 6.07) is 10.5. The van der Waals surface area contributed by atoms with Gasteiger partial charge in [0.25, 0.3) is 0 Å². The average molecular weight is 440 g/mol. The zero-order chi connectivity index (χ0) is 22.5. The van der Waals surface area contributed by atoms with Crippen molar-refractivity contribution in [2.45, 2.75) is 50.7 Å². The Labute approximate surface area is 188 Å². The van der Waals surface area contributed by atoms with Gasteiger partial charge >= 0.3 is 11.7 Å². The van der Waals surface area contributed by atoms with Gasteiger partial charge in [0.05, 0.1) is 5.69 Å². The van der Waals surface area contributed by atoms with E-state index in [4.69, 9.17) is 5.73 Å². The highest BCUT2D eigenvalue weighted by atomic mass is 16.2. The van der Waals surface area contributed by atoms with Crippen molar-refractivity contribution in [3.8, 4) is 5.69 Å². The third-order valence-corrected chi connectivity index (χ3v) is 6.19. The third kappa shape index (κ3) is 5.73. The molecule has 2 aliphatic rings. The first-order valence-electron chi connectivity index (χ1n) is 11.5. The summed E-state index contributed by atoms with van der Waals surface area (Å²) in [7, 11) is 0. The van der Waals surface area contributed by atoms with Crippen LogP contribution in [0, 0.1) is 0 Å². The summed E-state index contributed by atoms with van der Waals surface area (Å²) in [5, 5.41) is 9.59. The van der Waals surface area contributed by atoms with Crippen molar-refractivity contribution in [1.82, 2.24) is 25.1 Å². The molecule has 1 aliphatic carbocycles. The number of nitrogens with two attached hydrogens (primary N) is 1. The Morgan fingerprint density at radius 3 is 2.62 bits per heavy atom. The third-order valence-electron chi connectivity index (χ3n) is 6.19. The number of carbonyl (C=O) groups is 1. The fraction of sp³-hybridized carbons (Fsp3) is 0.522. The molecule has 0 spiro atoms. The van der Waals surface area contributed by atoms with Crippen molar-refractivity contribution < 1.29 is 4.79 Å². The number of carbonyl (C=O) groups excluding carboxylic acids is 1. The quantitative estimate of drug-likeness (QED) is 0.535. The molecule has 1 saturated carbocycles. The highest BCUT2D eigenvalue weighted by Gasteiger charge is 2.22. The second-order valence-corrected chi connectivity index (χ2v) is 8.84. The Bertz CT molecular complexity index is 969. The lowest BCUT2D eigenvalue weighted by Crippen LogP contribution is -2.48. The second kappa shape index (κ2) is 10.2. The van der Waals surface area contributed by atoms with E-state index in [0.29, 0.717) is 31.2 Å². The van der Waals surface area contributed by atoms with Crippen LogP contribution in [-0.4, -0.2) is 64.8 Å². The molecule has 2 fully saturated rings. The number of rotatable bonds is 6. The standard InChI is InChI=1S/C23H33N7O2/c1-16(26-19-5-4-18(24)15-19)14-17-2-6-20(7-3-17)30-11-8-21(28-23(30)32)27-22(31)29-12-9-25-10-13-29/h2-3,6-8,11,16,18-19,25-26H,4-5,9-10,12-15,24H2,1H3,(H,27,28,31,32)/t16?,18-,19-/m1/s1. The smallest absolute Gasteiger partial charge is 0.328 e. The maximum absolute atomic E-state index is 12.5. The van der Waals surface area contributed by atoms with Gasteiger partial charge in [-0.25, -0.2) is 9.59 Å². The van der Waals surface area contributed by atoms with Crippen molar-refractivity contribution in [2.75, 3.05) is 31.5 Å². The largest absolute Gasteiger partial charge is 0.354 e. The van der Waals surface area contributed by atoms with Gasteiger partial charge in [-0.05, 0) is 56.4 Å². The number of aromatic nitrogens is 2. The van der Waals surface area contributed by atoms with E-state index in [9.17, 15) is 9.59 Å². The first-order chi connectivity index (χ1) is 15.5. The van der Waals surface area contributed by atoms with Gasteiger partial charge in [0.2, 0.25) is 0 Å². The Kier molecular flexibility index (Phi) is 7.19. The van der Waals surface area contributed by atoms with Gasteiger partial charge in [0, 0.05) is 50.5 Å². The molecule has 5 N–H and O–H groups in total. The average Bonchev–Trinajstić information content (AvgIpc) is 3.19. The molecule has 1 saturated heterocycles. The predicted molar refractivity (Wildman–Crippen MR) is 125 cm³/mol. The maximum atomic E-state index is 12.5. The maximum Gasteiger partial charge on any atom is 0.354 e. The van der Waals surface area contributed by atoms with E-state index in [1.165, 1.54) is 10.1 Å². The topological polar surface area (TPSA) is 117 Å². The fourth-order valence-electron chi connectivity index (χ4n) is 4.50. The van der Waals surface area contributed by atoms with E-state index < -0.39 is 5.69 Å². The highest BCUT2D eigenvalue weighted by Crippen LogP contribution is 2.18. The van der Waals surface area contributed by atoms with Crippen molar-refractivity contribution in [2.24, 2.45) is 5.73 Å². The molecule has 2 aromatic rings. The van der Waals surface area contributed by atoms with E-state index in [1.54, 1.807) is 17.2 Å². The van der Waals surface area contributed by atoms with Crippen LogP contribution < -0.4 is 27.4 Å². The molecule has 9 heteroatoms. The molecule has 1 aromatic heterocycles. The van der Waals surface area contributed by atoms with Crippen LogP contribution in [0.1, 0.15) is 31.7 Å². The van der Waals surface area contributed by atoms with Crippen LogP contribution in [0.25, 0.3) is 5.69 Å². The van der Waals surface area contributed by atoms with Gasteiger partial charge in [-0.2, -0.15) is 4.98 Å². The normalized spacial score (nSPS) is 22.0. The fourth-order valence-corrected chi connectivity index (χ4v) is 4.50. The van der Waals surface area contributed by atoms with E-state index in [2.05, 4.69) is 27.9 Å². The number of piperazine rings is 1. The van der Waals surface area contributed by atoms with Crippen LogP contribution in [0.5, 0.6) is 0 Å². The summed E-state index contributed by atoms with van der Waals surface area (Å²) in [4.78, 5) is 30.6. The van der Waals surface area contributed by atoms with Gasteiger partial charge < -0.3 is 21.3 Å². The Morgan fingerprint density at radius 1 is 1.22 bits per heavy atom. The summed E-state index contributed by atoms with van der Waals surface area (Å²) < 4.78 is 1.48. The molecule has 172 valence electrons. The molecular formula is C23H33N7O2. The van der Waals surface area contributed by atoms with E-state index in [0.717, 1.165) is 44.5 Å². The number of benzene rings is 1. The molecule has 2 amide bonds. The van der Waals surface area contributed by atoms with Crippen LogP contribution >= 0.6 is 0 Å². The monoisotopic (exact) mass is 439 g/mol.